The van der Waals surface area contributed by atoms with Crippen LogP contribution >= 0.6 is 15.9 Å². The van der Waals surface area contributed by atoms with Crippen molar-refractivity contribution in [2.45, 2.75) is 0 Å². The minimum atomic E-state index is -1.14. The van der Waals surface area contributed by atoms with Gasteiger partial charge in [-0.1, -0.05) is 6.08 Å². The number of anilines is 1. The van der Waals surface area contributed by atoms with Gasteiger partial charge in [0.05, 0.1) is 4.47 Å². The van der Waals surface area contributed by atoms with Gasteiger partial charge in [0.1, 0.15) is 12.4 Å². The zero-order chi connectivity index (χ0) is 14.4. The lowest BCUT2D eigenvalue weighted by atomic mass is 10.3. The molecule has 0 aromatic heterocycles. The molecule has 0 bridgehead atoms. The molecule has 5 nitrogen and oxygen atoms in total. The molecule has 0 radical (unpaired) electrons. The maximum Gasteiger partial charge on any atom is 0.323 e. The third kappa shape index (κ3) is 4.70. The third-order valence-electron chi connectivity index (χ3n) is 2.13. The molecule has 19 heavy (non-hydrogen) atoms. The molecule has 0 saturated heterocycles. The number of carboxylic acid groups (broad SMARTS) is 1. The van der Waals surface area contributed by atoms with E-state index in [1.165, 1.54) is 18.2 Å². The molecule has 0 unspecified atom stereocenters. The number of carbonyl (C=O) groups excluding carboxylic acids is 1. The van der Waals surface area contributed by atoms with E-state index in [1.54, 1.807) is 0 Å². The van der Waals surface area contributed by atoms with E-state index in [9.17, 15) is 14.0 Å². The molecular formula is C12H12BrFN2O3. The molecule has 2 N–H and O–H groups in total. The van der Waals surface area contributed by atoms with Crippen molar-refractivity contribution in [3.8, 4) is 0 Å². The van der Waals surface area contributed by atoms with Gasteiger partial charge < -0.3 is 15.3 Å². The van der Waals surface area contributed by atoms with E-state index >= 15 is 0 Å². The van der Waals surface area contributed by atoms with Crippen LogP contribution in [0.2, 0.25) is 0 Å². The number of nitrogens with zero attached hydrogens (tertiary/aromatic N) is 1. The standard InChI is InChI=1S/C12H12BrFN2O3/c1-2-5-16(7-11(17)18)12(19)15-8-3-4-9(13)10(14)6-8/h2-4,6H,1,5,7H2,(H,15,19)(H,17,18). The van der Waals surface area contributed by atoms with Crippen LogP contribution in [-0.2, 0) is 4.79 Å². The van der Waals surface area contributed by atoms with Gasteiger partial charge in [0.25, 0.3) is 0 Å². The first-order valence-electron chi connectivity index (χ1n) is 5.27. The number of halogens is 2. The van der Waals surface area contributed by atoms with Crippen molar-refractivity contribution in [2.75, 3.05) is 18.4 Å². The molecule has 0 atom stereocenters. The number of carboxylic acids is 1. The van der Waals surface area contributed by atoms with Gasteiger partial charge >= 0.3 is 12.0 Å². The summed E-state index contributed by atoms with van der Waals surface area (Å²) in [5.41, 5.74) is 0.241. The van der Waals surface area contributed by atoms with Gasteiger partial charge in [0.15, 0.2) is 0 Å². The normalized spacial score (nSPS) is 9.79. The Labute approximate surface area is 117 Å². The van der Waals surface area contributed by atoms with Crippen molar-refractivity contribution in [2.24, 2.45) is 0 Å². The molecular weight excluding hydrogens is 319 g/mol. The summed E-state index contributed by atoms with van der Waals surface area (Å²) < 4.78 is 13.5. The molecule has 2 amide bonds. The highest BCUT2D eigenvalue weighted by atomic mass is 79.9. The zero-order valence-corrected chi connectivity index (χ0v) is 11.5. The summed E-state index contributed by atoms with van der Waals surface area (Å²) >= 11 is 2.99. The van der Waals surface area contributed by atoms with Gasteiger partial charge in [-0.05, 0) is 34.1 Å². The minimum Gasteiger partial charge on any atom is -0.480 e. The van der Waals surface area contributed by atoms with Gasteiger partial charge in [0.2, 0.25) is 0 Å². The van der Waals surface area contributed by atoms with E-state index in [-0.39, 0.29) is 16.7 Å². The van der Waals surface area contributed by atoms with E-state index < -0.39 is 24.4 Å². The van der Waals surface area contributed by atoms with Gasteiger partial charge in [0, 0.05) is 12.2 Å². The molecule has 0 fully saturated rings. The second-order valence-corrected chi connectivity index (χ2v) is 4.48. The Hall–Kier alpha value is -1.89. The lowest BCUT2D eigenvalue weighted by Crippen LogP contribution is -2.38. The first-order valence-corrected chi connectivity index (χ1v) is 6.07. The summed E-state index contributed by atoms with van der Waals surface area (Å²) in [6, 6.07) is 3.44. The van der Waals surface area contributed by atoms with Gasteiger partial charge in [-0.3, -0.25) is 4.79 Å². The second-order valence-electron chi connectivity index (χ2n) is 3.62. The fourth-order valence-corrected chi connectivity index (χ4v) is 1.56. The van der Waals surface area contributed by atoms with Crippen LogP contribution in [0.1, 0.15) is 0 Å². The van der Waals surface area contributed by atoms with Crippen molar-refractivity contribution < 1.29 is 19.1 Å². The number of urea groups is 1. The smallest absolute Gasteiger partial charge is 0.323 e. The monoisotopic (exact) mass is 330 g/mol. The highest BCUT2D eigenvalue weighted by Crippen LogP contribution is 2.19. The SMILES string of the molecule is C=CCN(CC(=O)O)C(=O)Nc1ccc(Br)c(F)c1. The molecule has 7 heteroatoms. The summed E-state index contributed by atoms with van der Waals surface area (Å²) in [7, 11) is 0. The molecule has 0 aliphatic heterocycles. The molecule has 0 spiro atoms. The average Bonchev–Trinajstić information content (AvgIpc) is 2.33. The Bertz CT molecular complexity index is 508. The lowest BCUT2D eigenvalue weighted by molar-refractivity contribution is -0.137. The summed E-state index contributed by atoms with van der Waals surface area (Å²) in [5, 5.41) is 11.1. The van der Waals surface area contributed by atoms with E-state index in [1.807, 2.05) is 0 Å². The maximum absolute atomic E-state index is 13.3. The van der Waals surface area contributed by atoms with Crippen LogP contribution < -0.4 is 5.32 Å². The Kier molecular flexibility index (Phi) is 5.50. The molecule has 0 saturated carbocycles. The Morgan fingerprint density at radius 1 is 1.53 bits per heavy atom. The maximum atomic E-state index is 13.3. The summed E-state index contributed by atoms with van der Waals surface area (Å²) in [6.07, 6.45) is 1.41. The highest BCUT2D eigenvalue weighted by molar-refractivity contribution is 9.10. The van der Waals surface area contributed by atoms with Crippen LogP contribution in [0.5, 0.6) is 0 Å². The number of amides is 2. The van der Waals surface area contributed by atoms with E-state index in [2.05, 4.69) is 27.8 Å². The van der Waals surface area contributed by atoms with Crippen LogP contribution in [-0.4, -0.2) is 35.1 Å². The first kappa shape index (κ1) is 15.2. The fraction of sp³-hybridized carbons (Fsp3) is 0.167. The predicted octanol–water partition coefficient (Wildman–Crippen LogP) is 2.69. The van der Waals surface area contributed by atoms with Crippen LogP contribution in [0.4, 0.5) is 14.9 Å². The topological polar surface area (TPSA) is 69.6 Å². The van der Waals surface area contributed by atoms with Crippen LogP contribution in [0.3, 0.4) is 0 Å². The highest BCUT2D eigenvalue weighted by Gasteiger charge is 2.15. The predicted molar refractivity (Wildman–Crippen MR) is 72.5 cm³/mol. The van der Waals surface area contributed by atoms with Crippen molar-refractivity contribution >= 4 is 33.6 Å². The van der Waals surface area contributed by atoms with Crippen molar-refractivity contribution in [3.63, 3.8) is 0 Å². The van der Waals surface area contributed by atoms with Gasteiger partial charge in [-0.2, -0.15) is 0 Å². The summed E-state index contributed by atoms with van der Waals surface area (Å²) in [6.45, 7) is 3.06. The number of hydrogen-bond donors (Lipinski definition) is 2. The van der Waals surface area contributed by atoms with Crippen LogP contribution in [0.25, 0.3) is 0 Å². The molecule has 0 aliphatic carbocycles. The summed E-state index contributed by atoms with van der Waals surface area (Å²) in [5.74, 6) is -1.66. The Morgan fingerprint density at radius 2 is 2.21 bits per heavy atom. The lowest BCUT2D eigenvalue weighted by Gasteiger charge is -2.19. The van der Waals surface area contributed by atoms with Crippen molar-refractivity contribution in [3.05, 3.63) is 41.1 Å². The largest absolute Gasteiger partial charge is 0.480 e. The number of carbonyl (C=O) groups is 2. The molecule has 102 valence electrons. The number of hydrogen-bond acceptors (Lipinski definition) is 2. The quantitative estimate of drug-likeness (QED) is 0.815. The van der Waals surface area contributed by atoms with E-state index in [0.29, 0.717) is 0 Å². The Balaban J connectivity index is 2.77. The third-order valence-corrected chi connectivity index (χ3v) is 2.78. The van der Waals surface area contributed by atoms with Crippen molar-refractivity contribution in [1.82, 2.24) is 4.90 Å². The molecule has 1 aromatic rings. The number of aliphatic carboxylic acids is 1. The van der Waals surface area contributed by atoms with Crippen LogP contribution in [0.15, 0.2) is 35.3 Å². The number of nitrogens with one attached hydrogen (secondary N) is 1. The molecule has 0 heterocycles. The Morgan fingerprint density at radius 3 is 2.74 bits per heavy atom. The van der Waals surface area contributed by atoms with E-state index in [4.69, 9.17) is 5.11 Å². The second kappa shape index (κ2) is 6.89. The number of benzene rings is 1. The first-order chi connectivity index (χ1) is 8.93. The number of rotatable bonds is 5. The zero-order valence-electron chi connectivity index (χ0n) is 9.90. The summed E-state index contributed by atoms with van der Waals surface area (Å²) in [4.78, 5) is 23.5. The van der Waals surface area contributed by atoms with Crippen LogP contribution in [0, 0.1) is 5.82 Å². The van der Waals surface area contributed by atoms with Gasteiger partial charge in [-0.25, -0.2) is 9.18 Å². The minimum absolute atomic E-state index is 0.0805. The molecule has 0 aliphatic rings. The fourth-order valence-electron chi connectivity index (χ4n) is 1.31. The van der Waals surface area contributed by atoms with Gasteiger partial charge in [-0.15, -0.1) is 6.58 Å². The van der Waals surface area contributed by atoms with E-state index in [0.717, 1.165) is 11.0 Å². The molecule has 1 rings (SSSR count). The molecule has 1 aromatic carbocycles. The van der Waals surface area contributed by atoms with Crippen molar-refractivity contribution in [1.29, 1.82) is 0 Å². The average molecular weight is 331 g/mol.